The minimum atomic E-state index is 0.0339. The van der Waals surface area contributed by atoms with Crippen LogP contribution in [0.4, 0.5) is 0 Å². The molecule has 3 aliphatic rings. The van der Waals surface area contributed by atoms with Crippen molar-refractivity contribution in [1.29, 1.82) is 0 Å². The third kappa shape index (κ3) is 2.13. The molecular weight excluding hydrogens is 214 g/mol. The highest BCUT2D eigenvalue weighted by atomic mass is 16.6. The van der Waals surface area contributed by atoms with Crippen LogP contribution >= 0.6 is 0 Å². The normalized spacial score (nSPS) is 40.4. The number of rotatable bonds is 2. The van der Waals surface area contributed by atoms with E-state index in [1.54, 1.807) is 0 Å². The highest BCUT2D eigenvalue weighted by molar-refractivity contribution is 5.04. The zero-order chi connectivity index (χ0) is 11.7. The molecule has 2 heterocycles. The Morgan fingerprint density at radius 3 is 2.65 bits per heavy atom. The quantitative estimate of drug-likeness (QED) is 0.737. The Morgan fingerprint density at radius 2 is 2.00 bits per heavy atom. The van der Waals surface area contributed by atoms with Gasteiger partial charge in [-0.2, -0.15) is 0 Å². The predicted molar refractivity (Wildman–Crippen MR) is 67.2 cm³/mol. The van der Waals surface area contributed by atoms with Gasteiger partial charge in [-0.15, -0.1) is 0 Å². The van der Waals surface area contributed by atoms with Crippen LogP contribution in [0, 0.1) is 0 Å². The van der Waals surface area contributed by atoms with Crippen LogP contribution in [0.2, 0.25) is 0 Å². The number of likely N-dealkylation sites (tertiary alicyclic amines) is 1. The van der Waals surface area contributed by atoms with Crippen molar-refractivity contribution in [3.63, 3.8) is 0 Å². The molecule has 0 radical (unpaired) electrons. The van der Waals surface area contributed by atoms with Crippen molar-refractivity contribution in [2.24, 2.45) is 0 Å². The average molecular weight is 239 g/mol. The molecule has 0 N–H and O–H groups in total. The number of ether oxygens (including phenoxy) is 2. The van der Waals surface area contributed by atoms with Crippen LogP contribution in [-0.4, -0.2) is 49.5 Å². The van der Waals surface area contributed by atoms with Crippen molar-refractivity contribution in [3.05, 3.63) is 0 Å². The van der Waals surface area contributed by atoms with Crippen molar-refractivity contribution in [2.45, 2.75) is 62.7 Å². The molecule has 17 heavy (non-hydrogen) atoms. The first kappa shape index (κ1) is 11.9. The first-order chi connectivity index (χ1) is 8.34. The zero-order valence-corrected chi connectivity index (χ0v) is 11.0. The molecule has 3 nitrogen and oxygen atoms in total. The van der Waals surface area contributed by atoms with Crippen LogP contribution in [0.5, 0.6) is 0 Å². The lowest BCUT2D eigenvalue weighted by molar-refractivity contribution is -0.0759. The van der Waals surface area contributed by atoms with E-state index < -0.39 is 0 Å². The van der Waals surface area contributed by atoms with E-state index in [2.05, 4.69) is 4.90 Å². The van der Waals surface area contributed by atoms with Crippen molar-refractivity contribution in [3.8, 4) is 0 Å². The number of hydrogen-bond donors (Lipinski definition) is 0. The third-order valence-corrected chi connectivity index (χ3v) is 4.97. The Kier molecular flexibility index (Phi) is 3.42. The number of hydrogen-bond acceptors (Lipinski definition) is 3. The van der Waals surface area contributed by atoms with Crippen LogP contribution < -0.4 is 0 Å². The predicted octanol–water partition coefficient (Wildman–Crippen LogP) is 2.20. The molecule has 1 saturated carbocycles. The second-order valence-electron chi connectivity index (χ2n) is 5.96. The molecule has 3 rings (SSSR count). The van der Waals surface area contributed by atoms with E-state index in [0.29, 0.717) is 6.10 Å². The molecule has 1 aliphatic carbocycles. The minimum Gasteiger partial charge on any atom is -0.377 e. The lowest BCUT2D eigenvalue weighted by atomic mass is 9.94. The second kappa shape index (κ2) is 4.87. The summed E-state index contributed by atoms with van der Waals surface area (Å²) >= 11 is 0. The molecule has 0 aromatic rings. The molecule has 0 unspecified atom stereocenters. The summed E-state index contributed by atoms with van der Waals surface area (Å²) in [6, 6.07) is 0.796. The standard InChI is InChI=1S/C14H25NO2/c1-16-13-10-15(12-6-3-2-4-7-12)11-14(13)8-5-9-17-14/h12-13H,2-11H2,1H3/t13-,14-/m0/s1. The minimum absolute atomic E-state index is 0.0339. The molecule has 3 heteroatoms. The van der Waals surface area contributed by atoms with Crippen LogP contribution in [0.1, 0.15) is 44.9 Å². The summed E-state index contributed by atoms with van der Waals surface area (Å²) in [4.78, 5) is 2.65. The number of nitrogens with zero attached hydrogens (tertiary/aromatic N) is 1. The third-order valence-electron chi connectivity index (χ3n) is 4.97. The molecule has 2 aliphatic heterocycles. The molecule has 0 amide bonds. The monoisotopic (exact) mass is 239 g/mol. The molecule has 2 saturated heterocycles. The molecule has 0 bridgehead atoms. The molecular formula is C14H25NO2. The lowest BCUT2D eigenvalue weighted by Gasteiger charge is -2.32. The van der Waals surface area contributed by atoms with Crippen molar-refractivity contribution < 1.29 is 9.47 Å². The Morgan fingerprint density at radius 1 is 1.18 bits per heavy atom. The van der Waals surface area contributed by atoms with E-state index in [-0.39, 0.29) is 5.60 Å². The van der Waals surface area contributed by atoms with Crippen LogP contribution in [-0.2, 0) is 9.47 Å². The Balaban J connectivity index is 1.68. The average Bonchev–Trinajstić information content (AvgIpc) is 2.99. The van der Waals surface area contributed by atoms with E-state index in [1.807, 2.05) is 7.11 Å². The maximum absolute atomic E-state index is 6.06. The van der Waals surface area contributed by atoms with Gasteiger partial charge < -0.3 is 9.47 Å². The maximum atomic E-state index is 6.06. The maximum Gasteiger partial charge on any atom is 0.108 e. The van der Waals surface area contributed by atoms with Crippen LogP contribution in [0.3, 0.4) is 0 Å². The van der Waals surface area contributed by atoms with Gasteiger partial charge in [0, 0.05) is 32.8 Å². The van der Waals surface area contributed by atoms with E-state index in [4.69, 9.17) is 9.47 Å². The fourth-order valence-electron chi connectivity index (χ4n) is 4.00. The summed E-state index contributed by atoms with van der Waals surface area (Å²) in [5, 5.41) is 0. The van der Waals surface area contributed by atoms with Gasteiger partial charge in [0.2, 0.25) is 0 Å². The molecule has 0 aromatic carbocycles. The van der Waals surface area contributed by atoms with E-state index >= 15 is 0 Å². The Bertz CT molecular complexity index is 257. The van der Waals surface area contributed by atoms with Crippen molar-refractivity contribution >= 4 is 0 Å². The summed E-state index contributed by atoms with van der Waals surface area (Å²) in [5.41, 5.74) is 0.0339. The van der Waals surface area contributed by atoms with Gasteiger partial charge in [0.25, 0.3) is 0 Å². The Hall–Kier alpha value is -0.120. The fraction of sp³-hybridized carbons (Fsp3) is 1.00. The molecule has 1 spiro atoms. The largest absolute Gasteiger partial charge is 0.377 e. The van der Waals surface area contributed by atoms with Gasteiger partial charge in [0.05, 0.1) is 6.10 Å². The van der Waals surface area contributed by atoms with Gasteiger partial charge in [-0.3, -0.25) is 4.90 Å². The molecule has 0 aromatic heterocycles. The van der Waals surface area contributed by atoms with Crippen molar-refractivity contribution in [1.82, 2.24) is 4.90 Å². The van der Waals surface area contributed by atoms with Crippen LogP contribution in [0.25, 0.3) is 0 Å². The highest BCUT2D eigenvalue weighted by Crippen LogP contribution is 2.39. The summed E-state index contributed by atoms with van der Waals surface area (Å²) in [5.74, 6) is 0. The van der Waals surface area contributed by atoms with Gasteiger partial charge >= 0.3 is 0 Å². The molecule has 98 valence electrons. The SMILES string of the molecule is CO[C@H]1CN(C2CCCCC2)C[C@@]12CCCO2. The molecule has 2 atom stereocenters. The highest BCUT2D eigenvalue weighted by Gasteiger charge is 2.51. The van der Waals surface area contributed by atoms with E-state index in [0.717, 1.165) is 25.7 Å². The zero-order valence-electron chi connectivity index (χ0n) is 11.0. The molecule has 3 fully saturated rings. The van der Waals surface area contributed by atoms with E-state index in [9.17, 15) is 0 Å². The van der Waals surface area contributed by atoms with E-state index in [1.165, 1.54) is 44.9 Å². The second-order valence-corrected chi connectivity index (χ2v) is 5.96. The summed E-state index contributed by atoms with van der Waals surface area (Å²) in [7, 11) is 1.85. The van der Waals surface area contributed by atoms with Gasteiger partial charge in [-0.1, -0.05) is 19.3 Å². The number of methoxy groups -OCH3 is 1. The van der Waals surface area contributed by atoms with Gasteiger partial charge in [-0.05, 0) is 25.7 Å². The summed E-state index contributed by atoms with van der Waals surface area (Å²) in [6.07, 6.45) is 9.71. The topological polar surface area (TPSA) is 21.7 Å². The summed E-state index contributed by atoms with van der Waals surface area (Å²) < 4.78 is 11.8. The lowest BCUT2D eigenvalue weighted by Crippen LogP contribution is -2.42. The first-order valence-corrected chi connectivity index (χ1v) is 7.25. The first-order valence-electron chi connectivity index (χ1n) is 7.25. The van der Waals surface area contributed by atoms with Gasteiger partial charge in [0.1, 0.15) is 5.60 Å². The fourth-order valence-corrected chi connectivity index (χ4v) is 4.00. The Labute approximate surface area is 104 Å². The van der Waals surface area contributed by atoms with Crippen LogP contribution in [0.15, 0.2) is 0 Å². The van der Waals surface area contributed by atoms with Gasteiger partial charge in [0.15, 0.2) is 0 Å². The summed E-state index contributed by atoms with van der Waals surface area (Å²) in [6.45, 7) is 3.12. The van der Waals surface area contributed by atoms with Gasteiger partial charge in [-0.25, -0.2) is 0 Å². The van der Waals surface area contributed by atoms with Crippen molar-refractivity contribution in [2.75, 3.05) is 26.8 Å². The smallest absolute Gasteiger partial charge is 0.108 e.